The third-order valence-corrected chi connectivity index (χ3v) is 3.28. The van der Waals surface area contributed by atoms with Crippen LogP contribution in [0.5, 0.6) is 0 Å². The van der Waals surface area contributed by atoms with Crippen LogP contribution in [0.25, 0.3) is 0 Å². The number of hydrogen-bond acceptors (Lipinski definition) is 1. The van der Waals surface area contributed by atoms with Gasteiger partial charge in [0, 0.05) is 5.56 Å². The maximum Gasteiger partial charge on any atom is 0.128 e. The molecule has 0 bridgehead atoms. The summed E-state index contributed by atoms with van der Waals surface area (Å²) < 4.78 is 27.7. The van der Waals surface area contributed by atoms with Crippen molar-refractivity contribution >= 4 is 0 Å². The Balaban J connectivity index is 2.46. The molecule has 100 valence electrons. The SMILES string of the molecule is CNC(c1ccc(C)c(F)c1)c1ccc(C)cc1F. The van der Waals surface area contributed by atoms with Crippen molar-refractivity contribution in [1.82, 2.24) is 5.32 Å². The van der Waals surface area contributed by atoms with Crippen molar-refractivity contribution in [3.63, 3.8) is 0 Å². The molecule has 2 rings (SSSR count). The first-order valence-corrected chi connectivity index (χ1v) is 6.22. The van der Waals surface area contributed by atoms with E-state index < -0.39 is 0 Å². The van der Waals surface area contributed by atoms with E-state index in [0.29, 0.717) is 16.7 Å². The van der Waals surface area contributed by atoms with E-state index in [9.17, 15) is 8.78 Å². The quantitative estimate of drug-likeness (QED) is 0.883. The zero-order valence-corrected chi connectivity index (χ0v) is 11.3. The summed E-state index contributed by atoms with van der Waals surface area (Å²) in [7, 11) is 1.74. The number of nitrogens with one attached hydrogen (secondary N) is 1. The van der Waals surface area contributed by atoms with E-state index in [2.05, 4.69) is 5.32 Å². The summed E-state index contributed by atoms with van der Waals surface area (Å²) in [4.78, 5) is 0. The van der Waals surface area contributed by atoms with Crippen LogP contribution in [-0.2, 0) is 0 Å². The molecule has 1 atom stereocenters. The van der Waals surface area contributed by atoms with Crippen molar-refractivity contribution in [2.24, 2.45) is 0 Å². The Labute approximate surface area is 112 Å². The predicted molar refractivity (Wildman–Crippen MR) is 73.2 cm³/mol. The van der Waals surface area contributed by atoms with Crippen LogP contribution in [-0.4, -0.2) is 7.05 Å². The number of hydrogen-bond donors (Lipinski definition) is 1. The highest BCUT2D eigenvalue weighted by molar-refractivity contribution is 5.36. The molecule has 2 aromatic rings. The molecule has 0 amide bonds. The summed E-state index contributed by atoms with van der Waals surface area (Å²) in [5.74, 6) is -0.550. The molecule has 0 aliphatic heterocycles. The highest BCUT2D eigenvalue weighted by Gasteiger charge is 2.17. The van der Waals surface area contributed by atoms with Crippen LogP contribution in [0.1, 0.15) is 28.3 Å². The maximum atomic E-state index is 14.0. The van der Waals surface area contributed by atoms with E-state index >= 15 is 0 Å². The van der Waals surface area contributed by atoms with Gasteiger partial charge in [-0.2, -0.15) is 0 Å². The van der Waals surface area contributed by atoms with Gasteiger partial charge in [-0.1, -0.05) is 24.3 Å². The van der Waals surface area contributed by atoms with E-state index in [1.54, 1.807) is 26.1 Å². The lowest BCUT2D eigenvalue weighted by atomic mass is 9.96. The fourth-order valence-corrected chi connectivity index (χ4v) is 2.16. The van der Waals surface area contributed by atoms with Gasteiger partial charge < -0.3 is 5.32 Å². The molecule has 0 saturated heterocycles. The Morgan fingerprint density at radius 2 is 1.68 bits per heavy atom. The smallest absolute Gasteiger partial charge is 0.128 e. The van der Waals surface area contributed by atoms with Crippen molar-refractivity contribution in [2.75, 3.05) is 7.05 Å². The van der Waals surface area contributed by atoms with Gasteiger partial charge in [0.15, 0.2) is 0 Å². The lowest BCUT2D eigenvalue weighted by Gasteiger charge is -2.18. The van der Waals surface area contributed by atoms with Crippen molar-refractivity contribution in [2.45, 2.75) is 19.9 Å². The van der Waals surface area contributed by atoms with E-state index in [1.165, 1.54) is 12.1 Å². The molecule has 0 aliphatic rings. The fourth-order valence-electron chi connectivity index (χ4n) is 2.16. The summed E-state index contributed by atoms with van der Waals surface area (Å²) in [6.07, 6.45) is 0. The topological polar surface area (TPSA) is 12.0 Å². The Morgan fingerprint density at radius 3 is 2.26 bits per heavy atom. The fraction of sp³-hybridized carbons (Fsp3) is 0.250. The summed E-state index contributed by atoms with van der Waals surface area (Å²) in [5, 5.41) is 3.03. The van der Waals surface area contributed by atoms with Crippen LogP contribution in [0.3, 0.4) is 0 Å². The average molecular weight is 261 g/mol. The van der Waals surface area contributed by atoms with Gasteiger partial charge in [-0.25, -0.2) is 8.78 Å². The predicted octanol–water partition coefficient (Wildman–Crippen LogP) is 3.89. The molecular formula is C16H17F2N. The molecule has 1 unspecified atom stereocenters. The molecule has 0 heterocycles. The molecule has 0 aromatic heterocycles. The van der Waals surface area contributed by atoms with Crippen molar-refractivity contribution in [1.29, 1.82) is 0 Å². The van der Waals surface area contributed by atoms with Crippen LogP contribution < -0.4 is 5.32 Å². The Bertz CT molecular complexity index is 593. The van der Waals surface area contributed by atoms with Crippen molar-refractivity contribution in [3.05, 3.63) is 70.3 Å². The van der Waals surface area contributed by atoms with Gasteiger partial charge in [0.1, 0.15) is 11.6 Å². The zero-order valence-electron chi connectivity index (χ0n) is 11.3. The minimum absolute atomic E-state index is 0.273. The van der Waals surface area contributed by atoms with Gasteiger partial charge in [0.05, 0.1) is 6.04 Å². The zero-order chi connectivity index (χ0) is 14.0. The minimum atomic E-state index is -0.351. The summed E-state index contributed by atoms with van der Waals surface area (Å²) in [5.41, 5.74) is 2.69. The van der Waals surface area contributed by atoms with Crippen LogP contribution in [0, 0.1) is 25.5 Å². The normalized spacial score (nSPS) is 12.5. The van der Waals surface area contributed by atoms with Gasteiger partial charge in [0.2, 0.25) is 0 Å². The molecule has 0 radical (unpaired) electrons. The first-order chi connectivity index (χ1) is 9.02. The van der Waals surface area contributed by atoms with E-state index in [4.69, 9.17) is 0 Å². The second-order valence-electron chi connectivity index (χ2n) is 4.76. The third-order valence-electron chi connectivity index (χ3n) is 3.28. The number of rotatable bonds is 3. The Morgan fingerprint density at radius 1 is 0.947 bits per heavy atom. The third kappa shape index (κ3) is 2.82. The molecule has 1 nitrogen and oxygen atoms in total. The highest BCUT2D eigenvalue weighted by atomic mass is 19.1. The molecule has 0 saturated carbocycles. The standard InChI is InChI=1S/C16H17F2N/c1-10-4-7-13(15(18)8-10)16(19-3)12-6-5-11(2)14(17)9-12/h4-9,16,19H,1-3H3. The van der Waals surface area contributed by atoms with E-state index in [-0.39, 0.29) is 17.7 Å². The van der Waals surface area contributed by atoms with E-state index in [0.717, 1.165) is 5.56 Å². The number of halogens is 2. The first-order valence-electron chi connectivity index (χ1n) is 6.22. The van der Waals surface area contributed by atoms with Gasteiger partial charge in [-0.05, 0) is 49.7 Å². The monoisotopic (exact) mass is 261 g/mol. The second-order valence-corrected chi connectivity index (χ2v) is 4.76. The summed E-state index contributed by atoms with van der Waals surface area (Å²) in [6, 6.07) is 9.72. The molecule has 0 aliphatic carbocycles. The summed E-state index contributed by atoms with van der Waals surface area (Å²) in [6.45, 7) is 3.55. The van der Waals surface area contributed by atoms with Crippen LogP contribution in [0.15, 0.2) is 36.4 Å². The molecule has 19 heavy (non-hydrogen) atoms. The molecule has 0 spiro atoms. The first kappa shape index (κ1) is 13.7. The van der Waals surface area contributed by atoms with Crippen molar-refractivity contribution in [3.8, 4) is 0 Å². The highest BCUT2D eigenvalue weighted by Crippen LogP contribution is 2.26. The summed E-state index contributed by atoms with van der Waals surface area (Å²) >= 11 is 0. The Hall–Kier alpha value is -1.74. The van der Waals surface area contributed by atoms with Gasteiger partial charge in [-0.3, -0.25) is 0 Å². The average Bonchev–Trinajstić information content (AvgIpc) is 2.37. The second kappa shape index (κ2) is 5.49. The lowest BCUT2D eigenvalue weighted by molar-refractivity contribution is 0.569. The minimum Gasteiger partial charge on any atom is -0.309 e. The number of aryl methyl sites for hydroxylation is 2. The lowest BCUT2D eigenvalue weighted by Crippen LogP contribution is -2.19. The van der Waals surface area contributed by atoms with E-state index in [1.807, 2.05) is 19.1 Å². The molecule has 2 aromatic carbocycles. The van der Waals surface area contributed by atoms with Crippen LogP contribution >= 0.6 is 0 Å². The maximum absolute atomic E-state index is 14.0. The van der Waals surface area contributed by atoms with Crippen molar-refractivity contribution < 1.29 is 8.78 Å². The molecule has 0 fully saturated rings. The van der Waals surface area contributed by atoms with Gasteiger partial charge >= 0.3 is 0 Å². The Kier molecular flexibility index (Phi) is 3.96. The molecule has 3 heteroatoms. The number of benzene rings is 2. The van der Waals surface area contributed by atoms with Gasteiger partial charge in [0.25, 0.3) is 0 Å². The molecule has 1 N–H and O–H groups in total. The largest absolute Gasteiger partial charge is 0.309 e. The molecular weight excluding hydrogens is 244 g/mol. The van der Waals surface area contributed by atoms with Crippen LogP contribution in [0.4, 0.5) is 8.78 Å². The van der Waals surface area contributed by atoms with Crippen LogP contribution in [0.2, 0.25) is 0 Å². The van der Waals surface area contributed by atoms with Gasteiger partial charge in [-0.15, -0.1) is 0 Å².